The predicted molar refractivity (Wildman–Crippen MR) is 66.7 cm³/mol. The zero-order valence-electron chi connectivity index (χ0n) is 7.99. The van der Waals surface area contributed by atoms with Gasteiger partial charge in [0.1, 0.15) is 0 Å². The van der Waals surface area contributed by atoms with Crippen LogP contribution >= 0.6 is 17.9 Å². The molecule has 0 N–H and O–H groups in total. The van der Waals surface area contributed by atoms with E-state index in [-0.39, 0.29) is 0 Å². The fourth-order valence-electron chi connectivity index (χ4n) is 1.52. The van der Waals surface area contributed by atoms with E-state index < -0.39 is 15.6 Å². The van der Waals surface area contributed by atoms with Gasteiger partial charge in [0.2, 0.25) is 0 Å². The van der Waals surface area contributed by atoms with Gasteiger partial charge in [0, 0.05) is 0 Å². The average molecular weight is 317 g/mol. The van der Waals surface area contributed by atoms with E-state index in [0.717, 1.165) is 5.25 Å². The first-order valence-electron chi connectivity index (χ1n) is 4.54. The van der Waals surface area contributed by atoms with Crippen molar-refractivity contribution < 1.29 is 0 Å². The van der Waals surface area contributed by atoms with Crippen molar-refractivity contribution in [2.45, 2.75) is 15.1 Å². The number of benzene rings is 1. The molecule has 0 nitrogen and oxygen atoms in total. The van der Waals surface area contributed by atoms with E-state index in [2.05, 4.69) is 58.1 Å². The monoisotopic (exact) mass is 318 g/mol. The second kappa shape index (κ2) is 4.07. The first-order chi connectivity index (χ1) is 6.17. The van der Waals surface area contributed by atoms with E-state index in [4.69, 9.17) is 0 Å². The molecule has 1 aromatic rings. The molecule has 0 aromatic heterocycles. The molecule has 1 unspecified atom stereocenters. The molecule has 1 aliphatic heterocycles. The maximum absolute atomic E-state index is 2.52. The first-order valence-corrected chi connectivity index (χ1v) is 19.1. The van der Waals surface area contributed by atoms with E-state index in [1.165, 1.54) is 11.3 Å². The minimum absolute atomic E-state index is 0.789. The van der Waals surface area contributed by atoms with Crippen LogP contribution in [0.15, 0.2) is 30.3 Å². The van der Waals surface area contributed by atoms with Crippen LogP contribution in [0.25, 0.3) is 0 Å². The van der Waals surface area contributed by atoms with Gasteiger partial charge < -0.3 is 0 Å². The van der Waals surface area contributed by atoms with E-state index in [1.54, 1.807) is 0 Å². The Labute approximate surface area is 89.7 Å². The van der Waals surface area contributed by atoms with Crippen LogP contribution in [0, 0.1) is 0 Å². The molecule has 3 heteroatoms. The quantitative estimate of drug-likeness (QED) is 0.720. The van der Waals surface area contributed by atoms with Crippen molar-refractivity contribution in [3.05, 3.63) is 35.9 Å². The Morgan fingerprint density at radius 3 is 2.46 bits per heavy atom. The maximum atomic E-state index is 2.52. The van der Waals surface area contributed by atoms with Gasteiger partial charge in [-0.3, -0.25) is 0 Å². The summed E-state index contributed by atoms with van der Waals surface area (Å²) in [5.74, 6) is 1.34. The Balaban J connectivity index is 2.13. The Bertz CT molecular complexity index is 284. The van der Waals surface area contributed by atoms with Crippen LogP contribution in [0.1, 0.15) is 10.8 Å². The molecule has 13 heavy (non-hydrogen) atoms. The molecular formula is C10H14S2Sn. The van der Waals surface area contributed by atoms with Crippen LogP contribution in [-0.4, -0.2) is 21.4 Å². The molecule has 1 saturated heterocycles. The van der Waals surface area contributed by atoms with Gasteiger partial charge in [0.05, 0.1) is 0 Å². The Morgan fingerprint density at radius 1 is 1.23 bits per heavy atom. The molecule has 0 spiro atoms. The molecule has 1 heterocycles. The SMILES string of the molecule is [CH3][Sn]1([CH3])[S]CC(c2ccccc2)[S]1. The minimum atomic E-state index is -1.65. The summed E-state index contributed by atoms with van der Waals surface area (Å²) >= 11 is -1.65. The zero-order valence-corrected chi connectivity index (χ0v) is 12.5. The summed E-state index contributed by atoms with van der Waals surface area (Å²) in [6.45, 7) is 0. The van der Waals surface area contributed by atoms with Crippen LogP contribution in [0.5, 0.6) is 0 Å². The Morgan fingerprint density at radius 2 is 1.92 bits per heavy atom. The molecule has 0 bridgehead atoms. The molecule has 1 aromatic carbocycles. The van der Waals surface area contributed by atoms with E-state index >= 15 is 0 Å². The van der Waals surface area contributed by atoms with Gasteiger partial charge >= 0.3 is 90.3 Å². The fourth-order valence-corrected chi connectivity index (χ4v) is 24.1. The third-order valence-corrected chi connectivity index (χ3v) is 23.9. The van der Waals surface area contributed by atoms with Gasteiger partial charge in [-0.2, -0.15) is 0 Å². The molecule has 2 rings (SSSR count). The van der Waals surface area contributed by atoms with Crippen LogP contribution in [0.4, 0.5) is 0 Å². The average Bonchev–Trinajstić information content (AvgIpc) is 2.48. The van der Waals surface area contributed by atoms with E-state index in [0.29, 0.717) is 0 Å². The van der Waals surface area contributed by atoms with Crippen molar-refractivity contribution in [2.24, 2.45) is 0 Å². The molecule has 1 aliphatic rings. The van der Waals surface area contributed by atoms with Crippen molar-refractivity contribution in [1.82, 2.24) is 0 Å². The third kappa shape index (κ3) is 2.60. The molecule has 1 atom stereocenters. The van der Waals surface area contributed by atoms with Crippen molar-refractivity contribution >= 4 is 33.5 Å². The predicted octanol–water partition coefficient (Wildman–Crippen LogP) is 3.91. The van der Waals surface area contributed by atoms with Crippen LogP contribution in [0.3, 0.4) is 0 Å². The van der Waals surface area contributed by atoms with Gasteiger partial charge in [-0.05, 0) is 0 Å². The van der Waals surface area contributed by atoms with Gasteiger partial charge in [-0.15, -0.1) is 0 Å². The van der Waals surface area contributed by atoms with E-state index in [1.807, 2.05) is 0 Å². The second-order valence-corrected chi connectivity index (χ2v) is 33.1. The molecule has 0 saturated carbocycles. The summed E-state index contributed by atoms with van der Waals surface area (Å²) in [5.41, 5.74) is 1.53. The van der Waals surface area contributed by atoms with Gasteiger partial charge in [0.15, 0.2) is 0 Å². The number of rotatable bonds is 1. The summed E-state index contributed by atoms with van der Waals surface area (Å²) in [5, 5.41) is 0.789. The first kappa shape index (κ1) is 10.2. The fraction of sp³-hybridized carbons (Fsp3) is 0.400. The Kier molecular flexibility index (Phi) is 3.21. The number of hydrogen-bond donors (Lipinski definition) is 0. The van der Waals surface area contributed by atoms with Crippen molar-refractivity contribution in [3.8, 4) is 0 Å². The van der Waals surface area contributed by atoms with Crippen molar-refractivity contribution in [3.63, 3.8) is 0 Å². The van der Waals surface area contributed by atoms with Crippen molar-refractivity contribution in [1.29, 1.82) is 0 Å². The van der Waals surface area contributed by atoms with E-state index in [9.17, 15) is 0 Å². The van der Waals surface area contributed by atoms with Crippen LogP contribution in [-0.2, 0) is 0 Å². The summed E-state index contributed by atoms with van der Waals surface area (Å²) in [4.78, 5) is 5.04. The standard InChI is InChI=1S/C8H10S2.2CH3.Sn/c9-6-8(10)7-4-2-1-3-5-7;;;/h1-5,8-10H,6H2;2*1H3;/q;;;+2/p-2. The molecule has 0 radical (unpaired) electrons. The summed E-state index contributed by atoms with van der Waals surface area (Å²) in [6.07, 6.45) is 0. The van der Waals surface area contributed by atoms with Gasteiger partial charge in [-0.1, -0.05) is 0 Å². The number of hydrogen-bond acceptors (Lipinski definition) is 2. The topological polar surface area (TPSA) is 0 Å². The molecule has 0 aliphatic carbocycles. The third-order valence-electron chi connectivity index (χ3n) is 2.18. The van der Waals surface area contributed by atoms with Gasteiger partial charge in [0.25, 0.3) is 0 Å². The van der Waals surface area contributed by atoms with Crippen LogP contribution in [0.2, 0.25) is 9.88 Å². The molecule has 1 fully saturated rings. The van der Waals surface area contributed by atoms with Gasteiger partial charge in [-0.25, -0.2) is 0 Å². The normalized spacial score (nSPS) is 26.2. The van der Waals surface area contributed by atoms with Crippen molar-refractivity contribution in [2.75, 3.05) is 5.75 Å². The zero-order chi connectivity index (χ0) is 9.31. The second-order valence-electron chi connectivity index (χ2n) is 3.73. The summed E-state index contributed by atoms with van der Waals surface area (Å²) in [6, 6.07) is 10.9. The van der Waals surface area contributed by atoms with Crippen LogP contribution < -0.4 is 0 Å². The summed E-state index contributed by atoms with van der Waals surface area (Å²) in [7, 11) is 4.57. The molecule has 0 amide bonds. The molecular weight excluding hydrogens is 303 g/mol. The Hall–Kier alpha value is 0.719. The molecule has 70 valence electrons. The summed E-state index contributed by atoms with van der Waals surface area (Å²) < 4.78 is 0.